The first-order valence-electron chi connectivity index (χ1n) is 14.6. The fraction of sp³-hybridized carbons (Fsp3) is 0.806. The Bertz CT molecular complexity index is 512. The number of rotatable bonds is 22. The van der Waals surface area contributed by atoms with Gasteiger partial charge in [0.2, 0.25) is 0 Å². The van der Waals surface area contributed by atoms with Gasteiger partial charge in [0.15, 0.2) is 0 Å². The predicted molar refractivity (Wildman–Crippen MR) is 148 cm³/mol. The van der Waals surface area contributed by atoms with Gasteiger partial charge in [-0.05, 0) is 44.7 Å². The van der Waals surface area contributed by atoms with Gasteiger partial charge in [0.1, 0.15) is 5.69 Å². The topological polar surface area (TPSA) is 0 Å². The summed E-state index contributed by atoms with van der Waals surface area (Å²) >= 11 is 0. The standard InChI is InChI=1S/C31H58N/c1-5-8-9-10-11-12-13-14-15-16-17-18-19-20-21-22-29-32(27-6-2,28-7-3)31-25-23-30(4)24-26-31/h23-26H,5-22,27-29H2,1-4H3/q+1. The minimum Gasteiger partial charge on any atom is -0.291 e. The van der Waals surface area contributed by atoms with E-state index in [1.807, 2.05) is 0 Å². The highest BCUT2D eigenvalue weighted by Gasteiger charge is 2.27. The summed E-state index contributed by atoms with van der Waals surface area (Å²) in [4.78, 5) is 0. The van der Waals surface area contributed by atoms with Crippen molar-refractivity contribution in [3.05, 3.63) is 29.8 Å². The van der Waals surface area contributed by atoms with Crippen molar-refractivity contribution in [1.82, 2.24) is 4.48 Å². The Hall–Kier alpha value is -0.820. The molecule has 0 fully saturated rings. The third-order valence-corrected chi connectivity index (χ3v) is 7.32. The highest BCUT2D eigenvalue weighted by molar-refractivity contribution is 5.44. The Balaban J connectivity index is 2.11. The summed E-state index contributed by atoms with van der Waals surface area (Å²) in [5.41, 5.74) is 2.92. The molecule has 1 aromatic rings. The minimum atomic E-state index is 1.20. The number of benzene rings is 1. The van der Waals surface area contributed by atoms with Gasteiger partial charge in [-0.25, -0.2) is 0 Å². The maximum absolute atomic E-state index is 2.40. The second-order valence-electron chi connectivity index (χ2n) is 10.5. The molecule has 1 aromatic carbocycles. The molecule has 0 aromatic heterocycles. The summed E-state index contributed by atoms with van der Waals surface area (Å²) in [5.74, 6) is 0. The SMILES string of the molecule is CCCCCCCCCCCCCCCCCC[N+](CCC)(CCC)c1ccc(C)cc1. The first-order valence-corrected chi connectivity index (χ1v) is 14.6. The Morgan fingerprint density at radius 1 is 0.438 bits per heavy atom. The van der Waals surface area contributed by atoms with E-state index in [4.69, 9.17) is 0 Å². The van der Waals surface area contributed by atoms with Crippen LogP contribution in [-0.4, -0.2) is 19.6 Å². The maximum Gasteiger partial charge on any atom is 0.132 e. The molecule has 0 aliphatic rings. The van der Waals surface area contributed by atoms with Crippen LogP contribution in [0.3, 0.4) is 0 Å². The van der Waals surface area contributed by atoms with Crippen LogP contribution in [0, 0.1) is 6.92 Å². The van der Waals surface area contributed by atoms with E-state index in [-0.39, 0.29) is 0 Å². The Kier molecular flexibility index (Phi) is 17.9. The van der Waals surface area contributed by atoms with Gasteiger partial charge in [0.05, 0.1) is 19.6 Å². The summed E-state index contributed by atoms with van der Waals surface area (Å²) in [6.45, 7) is 13.1. The van der Waals surface area contributed by atoms with Crippen molar-refractivity contribution in [2.75, 3.05) is 19.6 Å². The van der Waals surface area contributed by atoms with Gasteiger partial charge in [0.25, 0.3) is 0 Å². The van der Waals surface area contributed by atoms with Crippen molar-refractivity contribution < 1.29 is 0 Å². The summed E-state index contributed by atoms with van der Waals surface area (Å²) < 4.78 is 1.20. The van der Waals surface area contributed by atoms with Gasteiger partial charge in [0, 0.05) is 0 Å². The van der Waals surface area contributed by atoms with Crippen molar-refractivity contribution in [3.63, 3.8) is 0 Å². The van der Waals surface area contributed by atoms with E-state index in [0.717, 1.165) is 0 Å². The van der Waals surface area contributed by atoms with Crippen molar-refractivity contribution in [2.24, 2.45) is 0 Å². The molecule has 0 spiro atoms. The van der Waals surface area contributed by atoms with Crippen LogP contribution >= 0.6 is 0 Å². The van der Waals surface area contributed by atoms with E-state index in [2.05, 4.69) is 52.0 Å². The molecule has 0 amide bonds. The molecular weight excluding hydrogens is 386 g/mol. The first kappa shape index (κ1) is 29.2. The van der Waals surface area contributed by atoms with Crippen LogP contribution in [0.15, 0.2) is 24.3 Å². The van der Waals surface area contributed by atoms with Crippen molar-refractivity contribution in [1.29, 1.82) is 0 Å². The van der Waals surface area contributed by atoms with Crippen LogP contribution in [0.25, 0.3) is 0 Å². The molecule has 0 aliphatic carbocycles. The van der Waals surface area contributed by atoms with Gasteiger partial charge in [-0.15, -0.1) is 0 Å². The van der Waals surface area contributed by atoms with Gasteiger partial charge in [-0.2, -0.15) is 0 Å². The molecule has 0 unspecified atom stereocenters. The zero-order chi connectivity index (χ0) is 23.3. The molecule has 32 heavy (non-hydrogen) atoms. The molecule has 0 radical (unpaired) electrons. The Morgan fingerprint density at radius 2 is 0.812 bits per heavy atom. The number of hydrogen-bond acceptors (Lipinski definition) is 0. The fourth-order valence-electron chi connectivity index (χ4n) is 5.40. The molecule has 0 heterocycles. The van der Waals surface area contributed by atoms with E-state index in [0.29, 0.717) is 0 Å². The molecule has 0 saturated carbocycles. The average molecular weight is 445 g/mol. The third kappa shape index (κ3) is 13.0. The average Bonchev–Trinajstić information content (AvgIpc) is 2.79. The van der Waals surface area contributed by atoms with Crippen LogP contribution in [0.4, 0.5) is 5.69 Å². The van der Waals surface area contributed by atoms with Gasteiger partial charge in [-0.3, -0.25) is 4.48 Å². The molecule has 1 heteroatoms. The number of quaternary nitrogens is 1. The molecular formula is C31H58N+. The molecule has 1 rings (SSSR count). The third-order valence-electron chi connectivity index (χ3n) is 7.32. The van der Waals surface area contributed by atoms with Gasteiger partial charge >= 0.3 is 0 Å². The van der Waals surface area contributed by atoms with Crippen LogP contribution in [0.5, 0.6) is 0 Å². The molecule has 0 saturated heterocycles. The monoisotopic (exact) mass is 444 g/mol. The first-order chi connectivity index (χ1) is 15.7. The molecule has 0 N–H and O–H groups in total. The molecule has 0 bridgehead atoms. The quantitative estimate of drug-likeness (QED) is 0.123. The lowest BCUT2D eigenvalue weighted by Crippen LogP contribution is -2.51. The van der Waals surface area contributed by atoms with E-state index in [1.165, 1.54) is 145 Å². The number of unbranched alkanes of at least 4 members (excludes halogenated alkanes) is 15. The Labute approximate surface area is 203 Å². The second-order valence-corrected chi connectivity index (χ2v) is 10.5. The summed E-state index contributed by atoms with van der Waals surface area (Å²) in [6, 6.07) is 9.41. The number of aryl methyl sites for hydroxylation is 1. The zero-order valence-electron chi connectivity index (χ0n) is 22.6. The van der Waals surface area contributed by atoms with Crippen molar-refractivity contribution >= 4 is 5.69 Å². The maximum atomic E-state index is 2.40. The van der Waals surface area contributed by atoms with Crippen LogP contribution in [0.2, 0.25) is 0 Å². The molecule has 0 atom stereocenters. The fourth-order valence-corrected chi connectivity index (χ4v) is 5.40. The van der Waals surface area contributed by atoms with Gasteiger partial charge in [-0.1, -0.05) is 128 Å². The van der Waals surface area contributed by atoms with E-state index < -0.39 is 0 Å². The van der Waals surface area contributed by atoms with E-state index in [1.54, 1.807) is 5.69 Å². The lowest BCUT2D eigenvalue weighted by atomic mass is 10.0. The van der Waals surface area contributed by atoms with Gasteiger partial charge < -0.3 is 0 Å². The smallest absolute Gasteiger partial charge is 0.132 e. The summed E-state index contributed by atoms with van der Waals surface area (Å²) in [6.07, 6.45) is 25.7. The lowest BCUT2D eigenvalue weighted by Gasteiger charge is -2.38. The molecule has 1 nitrogen and oxygen atoms in total. The number of nitrogens with zero attached hydrogens (tertiary/aromatic N) is 1. The predicted octanol–water partition coefficient (Wildman–Crippen LogP) is 10.4. The zero-order valence-corrected chi connectivity index (χ0v) is 22.6. The van der Waals surface area contributed by atoms with Crippen molar-refractivity contribution in [3.8, 4) is 0 Å². The van der Waals surface area contributed by atoms with Crippen LogP contribution in [0.1, 0.15) is 142 Å². The van der Waals surface area contributed by atoms with E-state index >= 15 is 0 Å². The molecule has 0 aliphatic heterocycles. The van der Waals surface area contributed by atoms with Crippen LogP contribution in [-0.2, 0) is 0 Å². The highest BCUT2D eigenvalue weighted by atomic mass is 15.4. The summed E-state index contributed by atoms with van der Waals surface area (Å²) in [7, 11) is 0. The number of hydrogen-bond donors (Lipinski definition) is 0. The minimum absolute atomic E-state index is 1.20. The second kappa shape index (κ2) is 19.6. The Morgan fingerprint density at radius 3 is 1.19 bits per heavy atom. The van der Waals surface area contributed by atoms with Crippen LogP contribution < -0.4 is 4.48 Å². The molecule has 186 valence electrons. The normalized spacial score (nSPS) is 11.9. The lowest BCUT2D eigenvalue weighted by molar-refractivity contribution is 0.265. The summed E-state index contributed by atoms with van der Waals surface area (Å²) in [5, 5.41) is 0. The highest BCUT2D eigenvalue weighted by Crippen LogP contribution is 2.26. The van der Waals surface area contributed by atoms with E-state index in [9.17, 15) is 0 Å². The van der Waals surface area contributed by atoms with Crippen molar-refractivity contribution in [2.45, 2.75) is 143 Å². The largest absolute Gasteiger partial charge is 0.291 e.